The molecule has 0 aliphatic carbocycles. The molecule has 17 heavy (non-hydrogen) atoms. The van der Waals surface area contributed by atoms with E-state index in [0.717, 1.165) is 15.4 Å². The minimum absolute atomic E-state index is 0.0724. The molecule has 0 saturated carbocycles. The molecule has 94 valence electrons. The van der Waals surface area contributed by atoms with E-state index in [-0.39, 0.29) is 5.91 Å². The third kappa shape index (κ3) is 5.66. The van der Waals surface area contributed by atoms with Crippen LogP contribution in [0.4, 0.5) is 0 Å². The number of amides is 1. The van der Waals surface area contributed by atoms with Crippen LogP contribution >= 0.6 is 31.9 Å². The quantitative estimate of drug-likeness (QED) is 0.622. The molecule has 0 atom stereocenters. The summed E-state index contributed by atoms with van der Waals surface area (Å²) < 4.78 is 6.16. The van der Waals surface area contributed by atoms with Gasteiger partial charge in [-0.05, 0) is 30.7 Å². The van der Waals surface area contributed by atoms with Crippen LogP contribution in [0.5, 0.6) is 0 Å². The molecule has 0 bridgehead atoms. The number of carbonyl (C=O) groups excluding carboxylic acids is 1. The SMILES string of the molecule is Cc1cc(Br)cc(C(=O)NCCOCCBr)c1. The van der Waals surface area contributed by atoms with Crippen LogP contribution in [0.25, 0.3) is 0 Å². The Kier molecular flexibility index (Phi) is 6.77. The summed E-state index contributed by atoms with van der Waals surface area (Å²) in [5.41, 5.74) is 1.72. The van der Waals surface area contributed by atoms with Crippen molar-refractivity contribution in [3.63, 3.8) is 0 Å². The van der Waals surface area contributed by atoms with Crippen LogP contribution in [0.2, 0.25) is 0 Å². The van der Waals surface area contributed by atoms with Gasteiger partial charge in [0.2, 0.25) is 0 Å². The second-order valence-corrected chi connectivity index (χ2v) is 5.28. The van der Waals surface area contributed by atoms with Gasteiger partial charge in [-0.1, -0.05) is 31.9 Å². The Morgan fingerprint density at radius 3 is 2.76 bits per heavy atom. The predicted octanol–water partition coefficient (Wildman–Crippen LogP) is 2.90. The number of alkyl halides is 1. The van der Waals surface area contributed by atoms with E-state index in [1.807, 2.05) is 25.1 Å². The van der Waals surface area contributed by atoms with E-state index in [9.17, 15) is 4.79 Å². The summed E-state index contributed by atoms with van der Waals surface area (Å²) in [6.07, 6.45) is 0. The number of nitrogens with one attached hydrogen (secondary N) is 1. The van der Waals surface area contributed by atoms with E-state index >= 15 is 0 Å². The standard InChI is InChI=1S/C12H15Br2NO2/c1-9-6-10(8-11(14)7-9)12(16)15-3-5-17-4-2-13/h6-8H,2-5H2,1H3,(H,15,16). The molecule has 1 aromatic rings. The van der Waals surface area contributed by atoms with Gasteiger partial charge >= 0.3 is 0 Å². The van der Waals surface area contributed by atoms with Crippen molar-refractivity contribution in [2.75, 3.05) is 25.1 Å². The van der Waals surface area contributed by atoms with E-state index in [0.29, 0.717) is 25.3 Å². The lowest BCUT2D eigenvalue weighted by Gasteiger charge is -2.07. The van der Waals surface area contributed by atoms with Gasteiger partial charge in [-0.3, -0.25) is 4.79 Å². The number of ether oxygens (including phenoxy) is 1. The molecular formula is C12H15Br2NO2. The summed E-state index contributed by atoms with van der Waals surface area (Å²) >= 11 is 6.64. The molecule has 1 amide bonds. The van der Waals surface area contributed by atoms with E-state index in [2.05, 4.69) is 37.2 Å². The van der Waals surface area contributed by atoms with Gasteiger partial charge in [-0.25, -0.2) is 0 Å². The maximum absolute atomic E-state index is 11.8. The van der Waals surface area contributed by atoms with Crippen LogP contribution in [0.15, 0.2) is 22.7 Å². The number of hydrogen-bond donors (Lipinski definition) is 1. The first-order valence-corrected chi connectivity index (χ1v) is 7.24. The smallest absolute Gasteiger partial charge is 0.251 e. The minimum atomic E-state index is -0.0724. The molecule has 5 heteroatoms. The summed E-state index contributed by atoms with van der Waals surface area (Å²) in [4.78, 5) is 11.8. The highest BCUT2D eigenvalue weighted by Crippen LogP contribution is 2.15. The summed E-state index contributed by atoms with van der Waals surface area (Å²) in [6, 6.07) is 5.64. The Labute approximate surface area is 118 Å². The first-order chi connectivity index (χ1) is 8.13. The highest BCUT2D eigenvalue weighted by Gasteiger charge is 2.06. The zero-order valence-corrected chi connectivity index (χ0v) is 12.8. The Balaban J connectivity index is 2.41. The molecule has 1 aromatic carbocycles. The van der Waals surface area contributed by atoms with Gasteiger partial charge in [0.05, 0.1) is 13.2 Å². The minimum Gasteiger partial charge on any atom is -0.379 e. The number of halogens is 2. The number of hydrogen-bond acceptors (Lipinski definition) is 2. The van der Waals surface area contributed by atoms with E-state index < -0.39 is 0 Å². The fourth-order valence-electron chi connectivity index (χ4n) is 1.36. The van der Waals surface area contributed by atoms with Crippen LogP contribution in [0.1, 0.15) is 15.9 Å². The fourth-order valence-corrected chi connectivity index (χ4v) is 2.20. The largest absolute Gasteiger partial charge is 0.379 e. The molecule has 3 nitrogen and oxygen atoms in total. The van der Waals surface area contributed by atoms with Gasteiger partial charge in [0.1, 0.15) is 0 Å². The number of aryl methyl sites for hydroxylation is 1. The van der Waals surface area contributed by atoms with Gasteiger partial charge in [-0.15, -0.1) is 0 Å². The van der Waals surface area contributed by atoms with Crippen molar-refractivity contribution in [1.29, 1.82) is 0 Å². The van der Waals surface area contributed by atoms with Crippen LogP contribution in [-0.2, 0) is 4.74 Å². The van der Waals surface area contributed by atoms with Crippen LogP contribution in [0.3, 0.4) is 0 Å². The van der Waals surface area contributed by atoms with Crippen molar-refractivity contribution < 1.29 is 9.53 Å². The number of rotatable bonds is 6. The predicted molar refractivity (Wildman–Crippen MR) is 75.8 cm³/mol. The first-order valence-electron chi connectivity index (χ1n) is 5.32. The lowest BCUT2D eigenvalue weighted by Crippen LogP contribution is -2.27. The lowest BCUT2D eigenvalue weighted by molar-refractivity contribution is 0.0924. The van der Waals surface area contributed by atoms with Crippen molar-refractivity contribution in [3.05, 3.63) is 33.8 Å². The summed E-state index contributed by atoms with van der Waals surface area (Å²) in [6.45, 7) is 3.67. The zero-order valence-electron chi connectivity index (χ0n) is 9.63. The second-order valence-electron chi connectivity index (χ2n) is 3.57. The van der Waals surface area contributed by atoms with Crippen molar-refractivity contribution >= 4 is 37.8 Å². The lowest BCUT2D eigenvalue weighted by atomic mass is 10.1. The molecule has 0 saturated heterocycles. The van der Waals surface area contributed by atoms with Gasteiger partial charge in [0.15, 0.2) is 0 Å². The highest BCUT2D eigenvalue weighted by atomic mass is 79.9. The average Bonchev–Trinajstić information content (AvgIpc) is 2.27. The molecule has 1 N–H and O–H groups in total. The molecule has 0 fully saturated rings. The van der Waals surface area contributed by atoms with Crippen LogP contribution < -0.4 is 5.32 Å². The van der Waals surface area contributed by atoms with Crippen molar-refractivity contribution in [2.45, 2.75) is 6.92 Å². The highest BCUT2D eigenvalue weighted by molar-refractivity contribution is 9.10. The molecule has 0 aromatic heterocycles. The first kappa shape index (κ1) is 14.7. The zero-order chi connectivity index (χ0) is 12.7. The van der Waals surface area contributed by atoms with Gasteiger partial charge < -0.3 is 10.1 Å². The second kappa shape index (κ2) is 7.84. The molecule has 0 heterocycles. The summed E-state index contributed by atoms with van der Waals surface area (Å²) in [7, 11) is 0. The Bertz CT molecular complexity index is 363. The topological polar surface area (TPSA) is 38.3 Å². The fraction of sp³-hybridized carbons (Fsp3) is 0.417. The third-order valence-electron chi connectivity index (χ3n) is 2.06. The molecule has 0 aliphatic heterocycles. The summed E-state index contributed by atoms with van der Waals surface area (Å²) in [5.74, 6) is -0.0724. The molecule has 0 spiro atoms. The van der Waals surface area contributed by atoms with E-state index in [4.69, 9.17) is 4.74 Å². The van der Waals surface area contributed by atoms with Gasteiger partial charge in [0, 0.05) is 21.9 Å². The molecule has 1 rings (SSSR count). The average molecular weight is 365 g/mol. The van der Waals surface area contributed by atoms with Crippen molar-refractivity contribution in [3.8, 4) is 0 Å². The molecule has 0 radical (unpaired) electrons. The van der Waals surface area contributed by atoms with Crippen molar-refractivity contribution in [2.24, 2.45) is 0 Å². The number of benzene rings is 1. The third-order valence-corrected chi connectivity index (χ3v) is 2.84. The van der Waals surface area contributed by atoms with Crippen LogP contribution in [0, 0.1) is 6.92 Å². The monoisotopic (exact) mass is 363 g/mol. The van der Waals surface area contributed by atoms with Crippen molar-refractivity contribution in [1.82, 2.24) is 5.32 Å². The molecule has 0 unspecified atom stereocenters. The molecule has 0 aliphatic rings. The van der Waals surface area contributed by atoms with E-state index in [1.165, 1.54) is 0 Å². The normalized spacial score (nSPS) is 10.3. The maximum atomic E-state index is 11.8. The van der Waals surface area contributed by atoms with Crippen LogP contribution in [-0.4, -0.2) is 31.0 Å². The Morgan fingerprint density at radius 1 is 1.35 bits per heavy atom. The summed E-state index contributed by atoms with van der Waals surface area (Å²) in [5, 5.41) is 3.62. The maximum Gasteiger partial charge on any atom is 0.251 e. The Hall–Kier alpha value is -0.390. The number of carbonyl (C=O) groups is 1. The Morgan fingerprint density at radius 2 is 2.12 bits per heavy atom. The van der Waals surface area contributed by atoms with Gasteiger partial charge in [-0.2, -0.15) is 0 Å². The molecular weight excluding hydrogens is 350 g/mol. The van der Waals surface area contributed by atoms with E-state index in [1.54, 1.807) is 0 Å². The van der Waals surface area contributed by atoms with Gasteiger partial charge in [0.25, 0.3) is 5.91 Å².